The largest absolute Gasteiger partial charge is 0.369 e. The summed E-state index contributed by atoms with van der Waals surface area (Å²) < 4.78 is 0. The van der Waals surface area contributed by atoms with Crippen LogP contribution in [0.4, 0.5) is 11.4 Å². The highest BCUT2D eigenvalue weighted by Gasteiger charge is 2.13. The molecule has 1 saturated heterocycles. The summed E-state index contributed by atoms with van der Waals surface area (Å²) in [4.78, 5) is 16.8. The second-order valence-corrected chi connectivity index (χ2v) is 6.57. The van der Waals surface area contributed by atoms with E-state index in [1.807, 2.05) is 43.3 Å². The molecule has 4 nitrogen and oxygen atoms in total. The van der Waals surface area contributed by atoms with Gasteiger partial charge < -0.3 is 15.1 Å². The Morgan fingerprint density at radius 3 is 2.44 bits per heavy atom. The maximum absolute atomic E-state index is 12.1. The number of benzene rings is 2. The molecule has 3 rings (SSSR count). The first-order chi connectivity index (χ1) is 12.1. The molecule has 0 aromatic heterocycles. The molecule has 1 N–H and O–H groups in total. The standard InChI is InChI=1S/C21H25N3O/c1-17-4-3-5-18(16-17)6-11-21(25)22-19-7-9-20(10-8-19)24-14-12-23(2)13-15-24/h3-11,16H,12-15H2,1-2H3,(H,22,25)/b11-6+. The Morgan fingerprint density at radius 1 is 1.04 bits per heavy atom. The van der Waals surface area contributed by atoms with E-state index in [0.717, 1.165) is 37.4 Å². The van der Waals surface area contributed by atoms with Crippen molar-refractivity contribution in [2.24, 2.45) is 0 Å². The van der Waals surface area contributed by atoms with E-state index < -0.39 is 0 Å². The molecule has 0 unspecified atom stereocenters. The molecule has 130 valence electrons. The van der Waals surface area contributed by atoms with E-state index in [1.165, 1.54) is 11.3 Å². The first-order valence-corrected chi connectivity index (χ1v) is 8.69. The highest BCUT2D eigenvalue weighted by atomic mass is 16.1. The lowest BCUT2D eigenvalue weighted by Crippen LogP contribution is -2.44. The Balaban J connectivity index is 1.56. The van der Waals surface area contributed by atoms with Gasteiger partial charge in [-0.1, -0.05) is 29.8 Å². The second kappa shape index (κ2) is 7.99. The number of hydrogen-bond donors (Lipinski definition) is 1. The van der Waals surface area contributed by atoms with Crippen LogP contribution >= 0.6 is 0 Å². The number of nitrogens with zero attached hydrogens (tertiary/aromatic N) is 2. The van der Waals surface area contributed by atoms with Crippen molar-refractivity contribution in [3.8, 4) is 0 Å². The summed E-state index contributed by atoms with van der Waals surface area (Å²) in [5, 5.41) is 2.91. The molecule has 1 heterocycles. The van der Waals surface area contributed by atoms with Crippen molar-refractivity contribution in [1.82, 2.24) is 4.90 Å². The molecule has 25 heavy (non-hydrogen) atoms. The molecule has 0 aliphatic carbocycles. The lowest BCUT2D eigenvalue weighted by atomic mass is 10.1. The summed E-state index contributed by atoms with van der Waals surface area (Å²) >= 11 is 0. The minimum atomic E-state index is -0.117. The van der Waals surface area contributed by atoms with Crippen LogP contribution in [0.25, 0.3) is 6.08 Å². The molecule has 0 spiro atoms. The van der Waals surface area contributed by atoms with Crippen molar-refractivity contribution in [2.45, 2.75) is 6.92 Å². The zero-order valence-corrected chi connectivity index (χ0v) is 14.9. The van der Waals surface area contributed by atoms with Crippen LogP contribution in [0.3, 0.4) is 0 Å². The predicted octanol–water partition coefficient (Wildman–Crippen LogP) is 3.40. The van der Waals surface area contributed by atoms with E-state index in [1.54, 1.807) is 6.08 Å². The van der Waals surface area contributed by atoms with Gasteiger partial charge in [0.25, 0.3) is 0 Å². The number of anilines is 2. The number of aryl methyl sites for hydroxylation is 1. The van der Waals surface area contributed by atoms with Gasteiger partial charge in [0.2, 0.25) is 5.91 Å². The number of carbonyl (C=O) groups is 1. The molecule has 1 aliphatic rings. The van der Waals surface area contributed by atoms with Crippen molar-refractivity contribution in [3.63, 3.8) is 0 Å². The average Bonchev–Trinajstić information content (AvgIpc) is 2.62. The molecule has 1 aliphatic heterocycles. The van der Waals surface area contributed by atoms with Crippen LogP contribution in [0.2, 0.25) is 0 Å². The van der Waals surface area contributed by atoms with Crippen LogP contribution in [-0.4, -0.2) is 44.0 Å². The van der Waals surface area contributed by atoms with E-state index in [9.17, 15) is 4.79 Å². The third-order valence-corrected chi connectivity index (χ3v) is 4.47. The minimum absolute atomic E-state index is 0.117. The van der Waals surface area contributed by atoms with Crippen molar-refractivity contribution in [1.29, 1.82) is 0 Å². The lowest BCUT2D eigenvalue weighted by Gasteiger charge is -2.34. The van der Waals surface area contributed by atoms with Crippen LogP contribution in [0.15, 0.2) is 54.6 Å². The van der Waals surface area contributed by atoms with E-state index in [-0.39, 0.29) is 5.91 Å². The van der Waals surface area contributed by atoms with Crippen LogP contribution in [0, 0.1) is 6.92 Å². The lowest BCUT2D eigenvalue weighted by molar-refractivity contribution is -0.111. The summed E-state index contributed by atoms with van der Waals surface area (Å²) in [5.74, 6) is -0.117. The molecule has 1 fully saturated rings. The van der Waals surface area contributed by atoms with Crippen LogP contribution in [0.1, 0.15) is 11.1 Å². The molecule has 0 atom stereocenters. The smallest absolute Gasteiger partial charge is 0.248 e. The Morgan fingerprint density at radius 2 is 1.76 bits per heavy atom. The van der Waals surface area contributed by atoms with Gasteiger partial charge in [0.1, 0.15) is 0 Å². The molecule has 2 aromatic rings. The second-order valence-electron chi connectivity index (χ2n) is 6.57. The van der Waals surface area contributed by atoms with Gasteiger partial charge in [-0.25, -0.2) is 0 Å². The molecule has 1 amide bonds. The summed E-state index contributed by atoms with van der Waals surface area (Å²) in [6, 6.07) is 16.1. The number of hydrogen-bond acceptors (Lipinski definition) is 3. The SMILES string of the molecule is Cc1cccc(/C=C/C(=O)Nc2ccc(N3CCN(C)CC3)cc2)c1. The van der Waals surface area contributed by atoms with Gasteiger partial charge >= 0.3 is 0 Å². The molecular weight excluding hydrogens is 310 g/mol. The van der Waals surface area contributed by atoms with Crippen LogP contribution < -0.4 is 10.2 Å². The summed E-state index contributed by atoms with van der Waals surface area (Å²) in [6.07, 6.45) is 3.41. The molecule has 4 heteroatoms. The maximum Gasteiger partial charge on any atom is 0.248 e. The average molecular weight is 335 g/mol. The molecule has 0 bridgehead atoms. The molecule has 0 radical (unpaired) electrons. The third kappa shape index (κ3) is 4.94. The van der Waals surface area contributed by atoms with Gasteiger partial charge in [-0.15, -0.1) is 0 Å². The van der Waals surface area contributed by atoms with Gasteiger partial charge in [0, 0.05) is 43.6 Å². The number of amides is 1. The van der Waals surface area contributed by atoms with Gasteiger partial charge in [-0.2, -0.15) is 0 Å². The molecular formula is C21H25N3O. The topological polar surface area (TPSA) is 35.6 Å². The van der Waals surface area contributed by atoms with Gasteiger partial charge in [0.05, 0.1) is 0 Å². The normalized spacial score (nSPS) is 15.5. The molecule has 0 saturated carbocycles. The number of piperazine rings is 1. The fourth-order valence-corrected chi connectivity index (χ4v) is 2.95. The van der Waals surface area contributed by atoms with E-state index in [4.69, 9.17) is 0 Å². The summed E-state index contributed by atoms with van der Waals surface area (Å²) in [6.45, 7) is 6.30. The molecule has 2 aromatic carbocycles. The Labute approximate surface area is 149 Å². The summed E-state index contributed by atoms with van der Waals surface area (Å²) in [7, 11) is 2.15. The van der Waals surface area contributed by atoms with E-state index >= 15 is 0 Å². The first-order valence-electron chi connectivity index (χ1n) is 8.69. The number of nitrogens with one attached hydrogen (secondary N) is 1. The van der Waals surface area contributed by atoms with Crippen molar-refractivity contribution < 1.29 is 4.79 Å². The highest BCUT2D eigenvalue weighted by Crippen LogP contribution is 2.19. The van der Waals surface area contributed by atoms with Crippen LogP contribution in [-0.2, 0) is 4.79 Å². The Bertz CT molecular complexity index is 744. The first kappa shape index (κ1) is 17.2. The monoisotopic (exact) mass is 335 g/mol. The van der Waals surface area contributed by atoms with Crippen molar-refractivity contribution >= 4 is 23.4 Å². The zero-order valence-electron chi connectivity index (χ0n) is 14.9. The fraction of sp³-hybridized carbons (Fsp3) is 0.286. The number of carbonyl (C=O) groups excluding carboxylic acids is 1. The van der Waals surface area contributed by atoms with E-state index in [0.29, 0.717) is 0 Å². The van der Waals surface area contributed by atoms with Crippen molar-refractivity contribution in [2.75, 3.05) is 43.4 Å². The highest BCUT2D eigenvalue weighted by molar-refractivity contribution is 6.02. The van der Waals surface area contributed by atoms with E-state index in [2.05, 4.69) is 40.4 Å². The number of rotatable bonds is 4. The Hall–Kier alpha value is -2.59. The summed E-state index contributed by atoms with van der Waals surface area (Å²) in [5.41, 5.74) is 4.24. The van der Waals surface area contributed by atoms with Gasteiger partial charge in [0.15, 0.2) is 0 Å². The fourth-order valence-electron chi connectivity index (χ4n) is 2.95. The van der Waals surface area contributed by atoms with Gasteiger partial charge in [-0.05, 0) is 49.9 Å². The third-order valence-electron chi connectivity index (χ3n) is 4.47. The Kier molecular flexibility index (Phi) is 5.51. The quantitative estimate of drug-likeness (QED) is 0.870. The zero-order chi connectivity index (χ0) is 17.6. The minimum Gasteiger partial charge on any atom is -0.369 e. The predicted molar refractivity (Wildman–Crippen MR) is 105 cm³/mol. The van der Waals surface area contributed by atoms with Gasteiger partial charge in [-0.3, -0.25) is 4.79 Å². The van der Waals surface area contributed by atoms with Crippen molar-refractivity contribution in [3.05, 3.63) is 65.7 Å². The van der Waals surface area contributed by atoms with Crippen LogP contribution in [0.5, 0.6) is 0 Å². The number of likely N-dealkylation sites (N-methyl/N-ethyl adjacent to an activating group) is 1. The maximum atomic E-state index is 12.1.